The van der Waals surface area contributed by atoms with E-state index >= 15 is 0 Å². The third-order valence-electron chi connectivity index (χ3n) is 4.76. The molecule has 142 valence electrons. The summed E-state index contributed by atoms with van der Waals surface area (Å²) in [7, 11) is 0. The number of nitrogens with zero attached hydrogens (tertiary/aromatic N) is 1. The van der Waals surface area contributed by atoms with Gasteiger partial charge in [0.05, 0.1) is 4.88 Å². The van der Waals surface area contributed by atoms with Crippen molar-refractivity contribution in [3.05, 3.63) is 92.1 Å². The second-order valence-corrected chi connectivity index (χ2v) is 8.28. The van der Waals surface area contributed by atoms with Crippen molar-refractivity contribution in [2.24, 2.45) is 0 Å². The SMILES string of the molecule is O=C(NCc1ccccc1)c1cc2c(s1)CCN(C(=O)c1ccc(Cl)cc1)C2. The number of thiophene rings is 1. The van der Waals surface area contributed by atoms with E-state index in [-0.39, 0.29) is 11.8 Å². The molecule has 0 aliphatic carbocycles. The molecule has 28 heavy (non-hydrogen) atoms. The number of hydrogen-bond acceptors (Lipinski definition) is 3. The molecule has 0 bridgehead atoms. The van der Waals surface area contributed by atoms with E-state index in [0.29, 0.717) is 35.1 Å². The normalized spacial score (nSPS) is 13.1. The van der Waals surface area contributed by atoms with Crippen LogP contribution in [0.25, 0.3) is 0 Å². The number of fused-ring (bicyclic) bond motifs is 1. The molecule has 2 amide bonds. The lowest BCUT2D eigenvalue weighted by Gasteiger charge is -2.27. The Labute approximate surface area is 172 Å². The number of amides is 2. The van der Waals surface area contributed by atoms with Crippen molar-refractivity contribution < 1.29 is 9.59 Å². The Bertz CT molecular complexity index is 999. The lowest BCUT2D eigenvalue weighted by Crippen LogP contribution is -2.35. The Morgan fingerprint density at radius 3 is 2.57 bits per heavy atom. The first-order chi connectivity index (χ1) is 13.6. The summed E-state index contributed by atoms with van der Waals surface area (Å²) in [6.07, 6.45) is 0.769. The fourth-order valence-corrected chi connectivity index (χ4v) is 4.46. The Morgan fingerprint density at radius 2 is 1.82 bits per heavy atom. The first-order valence-corrected chi connectivity index (χ1v) is 10.3. The smallest absolute Gasteiger partial charge is 0.261 e. The second kappa shape index (κ2) is 8.17. The van der Waals surface area contributed by atoms with Crippen molar-refractivity contribution in [2.45, 2.75) is 19.5 Å². The maximum Gasteiger partial charge on any atom is 0.261 e. The van der Waals surface area contributed by atoms with Crippen LogP contribution in [0.15, 0.2) is 60.7 Å². The van der Waals surface area contributed by atoms with Crippen LogP contribution in [0, 0.1) is 0 Å². The van der Waals surface area contributed by atoms with Crippen molar-refractivity contribution >= 4 is 34.8 Å². The largest absolute Gasteiger partial charge is 0.347 e. The van der Waals surface area contributed by atoms with Gasteiger partial charge in [0.1, 0.15) is 0 Å². The van der Waals surface area contributed by atoms with E-state index in [1.54, 1.807) is 24.3 Å². The zero-order valence-corrected chi connectivity index (χ0v) is 16.7. The van der Waals surface area contributed by atoms with Crippen LogP contribution in [0.3, 0.4) is 0 Å². The third-order valence-corrected chi connectivity index (χ3v) is 6.25. The zero-order valence-electron chi connectivity index (χ0n) is 15.2. The van der Waals surface area contributed by atoms with Gasteiger partial charge in [-0.15, -0.1) is 11.3 Å². The van der Waals surface area contributed by atoms with Crippen molar-refractivity contribution in [1.82, 2.24) is 10.2 Å². The molecule has 1 N–H and O–H groups in total. The number of carbonyl (C=O) groups excluding carboxylic acids is 2. The standard InChI is InChI=1S/C22H19ClN2O2S/c23-18-8-6-16(7-9-18)22(27)25-11-10-19-17(14-25)12-20(28-19)21(26)24-13-15-4-2-1-3-5-15/h1-9,12H,10-11,13-14H2,(H,24,26). The molecule has 0 unspecified atom stereocenters. The van der Waals surface area contributed by atoms with Gasteiger partial charge in [-0.05, 0) is 47.9 Å². The molecule has 0 radical (unpaired) electrons. The monoisotopic (exact) mass is 410 g/mol. The van der Waals surface area contributed by atoms with Gasteiger partial charge in [0.2, 0.25) is 0 Å². The van der Waals surface area contributed by atoms with Gasteiger partial charge in [0, 0.05) is 35.1 Å². The molecule has 6 heteroatoms. The Balaban J connectivity index is 1.42. The van der Waals surface area contributed by atoms with Crippen LogP contribution in [0.2, 0.25) is 5.02 Å². The van der Waals surface area contributed by atoms with Crippen LogP contribution in [0.4, 0.5) is 0 Å². The Morgan fingerprint density at radius 1 is 1.07 bits per heavy atom. The molecular weight excluding hydrogens is 392 g/mol. The molecule has 2 heterocycles. The fourth-order valence-electron chi connectivity index (χ4n) is 3.26. The maximum atomic E-state index is 12.7. The third kappa shape index (κ3) is 4.11. The van der Waals surface area contributed by atoms with Crippen molar-refractivity contribution in [3.63, 3.8) is 0 Å². The topological polar surface area (TPSA) is 49.4 Å². The van der Waals surface area contributed by atoms with E-state index in [9.17, 15) is 9.59 Å². The minimum atomic E-state index is -0.0705. The zero-order chi connectivity index (χ0) is 19.5. The van der Waals surface area contributed by atoms with Gasteiger partial charge in [0.25, 0.3) is 11.8 Å². The predicted molar refractivity (Wildman–Crippen MR) is 112 cm³/mol. The summed E-state index contributed by atoms with van der Waals surface area (Å²) in [5.74, 6) is -0.0811. The average Bonchev–Trinajstić information content (AvgIpc) is 3.16. The molecule has 4 nitrogen and oxygen atoms in total. The molecule has 0 fully saturated rings. The highest BCUT2D eigenvalue weighted by Crippen LogP contribution is 2.29. The van der Waals surface area contributed by atoms with Gasteiger partial charge in [-0.25, -0.2) is 0 Å². The molecule has 2 aromatic carbocycles. The molecule has 0 saturated carbocycles. The molecule has 4 rings (SSSR count). The van der Waals surface area contributed by atoms with Crippen molar-refractivity contribution in [1.29, 1.82) is 0 Å². The van der Waals surface area contributed by atoms with Crippen molar-refractivity contribution in [3.8, 4) is 0 Å². The van der Waals surface area contributed by atoms with E-state index in [1.165, 1.54) is 16.2 Å². The molecule has 1 aromatic heterocycles. The molecular formula is C22H19ClN2O2S. The fraction of sp³-hybridized carbons (Fsp3) is 0.182. The summed E-state index contributed by atoms with van der Waals surface area (Å²) >= 11 is 7.43. The molecule has 0 atom stereocenters. The van der Waals surface area contributed by atoms with Crippen LogP contribution in [-0.4, -0.2) is 23.3 Å². The highest BCUT2D eigenvalue weighted by Gasteiger charge is 2.25. The highest BCUT2D eigenvalue weighted by molar-refractivity contribution is 7.14. The number of carbonyl (C=O) groups is 2. The number of hydrogen-bond donors (Lipinski definition) is 1. The lowest BCUT2D eigenvalue weighted by molar-refractivity contribution is 0.0736. The minimum Gasteiger partial charge on any atom is -0.347 e. The summed E-state index contributed by atoms with van der Waals surface area (Å²) in [5.41, 5.74) is 2.75. The van der Waals surface area contributed by atoms with Crippen LogP contribution < -0.4 is 5.32 Å². The summed E-state index contributed by atoms with van der Waals surface area (Å²) in [6, 6.07) is 18.7. The molecule has 0 saturated heterocycles. The van der Waals surface area contributed by atoms with Gasteiger partial charge < -0.3 is 10.2 Å². The van der Waals surface area contributed by atoms with Gasteiger partial charge in [0.15, 0.2) is 0 Å². The van der Waals surface area contributed by atoms with Gasteiger partial charge in [-0.3, -0.25) is 9.59 Å². The number of halogens is 1. The van der Waals surface area contributed by atoms with Crippen LogP contribution >= 0.6 is 22.9 Å². The van der Waals surface area contributed by atoms with Crippen molar-refractivity contribution in [2.75, 3.05) is 6.54 Å². The van der Waals surface area contributed by atoms with Crippen LogP contribution in [-0.2, 0) is 19.5 Å². The summed E-state index contributed by atoms with van der Waals surface area (Å²) in [6.45, 7) is 1.68. The quantitative estimate of drug-likeness (QED) is 0.687. The average molecular weight is 411 g/mol. The van der Waals surface area contributed by atoms with E-state index in [4.69, 9.17) is 11.6 Å². The number of rotatable bonds is 4. The lowest BCUT2D eigenvalue weighted by atomic mass is 10.1. The molecule has 3 aromatic rings. The van der Waals surface area contributed by atoms with E-state index < -0.39 is 0 Å². The molecule has 0 spiro atoms. The van der Waals surface area contributed by atoms with Crippen LogP contribution in [0.5, 0.6) is 0 Å². The van der Waals surface area contributed by atoms with E-state index in [1.807, 2.05) is 41.3 Å². The Kier molecular flexibility index (Phi) is 5.46. The molecule has 1 aliphatic rings. The van der Waals surface area contributed by atoms with Crippen LogP contribution in [0.1, 0.15) is 36.0 Å². The van der Waals surface area contributed by atoms with Gasteiger partial charge >= 0.3 is 0 Å². The van der Waals surface area contributed by atoms with E-state index in [0.717, 1.165) is 17.5 Å². The van der Waals surface area contributed by atoms with E-state index in [2.05, 4.69) is 5.32 Å². The molecule has 1 aliphatic heterocycles. The Hall–Kier alpha value is -2.63. The number of benzene rings is 2. The summed E-state index contributed by atoms with van der Waals surface area (Å²) in [4.78, 5) is 28.9. The minimum absolute atomic E-state index is 0.0106. The van der Waals surface area contributed by atoms with Gasteiger partial charge in [-0.2, -0.15) is 0 Å². The summed E-state index contributed by atoms with van der Waals surface area (Å²) < 4.78 is 0. The van der Waals surface area contributed by atoms with Gasteiger partial charge in [-0.1, -0.05) is 41.9 Å². The first-order valence-electron chi connectivity index (χ1n) is 9.09. The maximum absolute atomic E-state index is 12.7. The summed E-state index contributed by atoms with van der Waals surface area (Å²) in [5, 5.41) is 3.58. The number of nitrogens with one attached hydrogen (secondary N) is 1. The first kappa shape index (κ1) is 18.7. The second-order valence-electron chi connectivity index (χ2n) is 6.71. The highest BCUT2D eigenvalue weighted by atomic mass is 35.5. The predicted octanol–water partition coefficient (Wildman–Crippen LogP) is 4.53.